The Hall–Kier alpha value is -2.87. The average Bonchev–Trinajstić information content (AvgIpc) is 2.79. The van der Waals surface area contributed by atoms with Crippen molar-refractivity contribution in [2.45, 2.75) is 24.7 Å². The summed E-state index contributed by atoms with van der Waals surface area (Å²) in [5, 5.41) is 0. The molecule has 2 aromatic rings. The van der Waals surface area contributed by atoms with Crippen molar-refractivity contribution in [3.8, 4) is 0 Å². The van der Waals surface area contributed by atoms with E-state index in [2.05, 4.69) is 0 Å². The molecule has 1 amide bonds. The van der Waals surface area contributed by atoms with Gasteiger partial charge in [-0.1, -0.05) is 24.3 Å². The topological polar surface area (TPSA) is 84.0 Å². The summed E-state index contributed by atoms with van der Waals surface area (Å²) in [6.45, 7) is 2.86. The van der Waals surface area contributed by atoms with E-state index in [0.717, 1.165) is 0 Å². The molecule has 0 N–H and O–H groups in total. The van der Waals surface area contributed by atoms with Gasteiger partial charge < -0.3 is 9.64 Å². The summed E-state index contributed by atoms with van der Waals surface area (Å²) in [6, 6.07) is 14.8. The summed E-state index contributed by atoms with van der Waals surface area (Å²) < 4.78 is 32.3. The molecule has 3 rings (SSSR count). The summed E-state index contributed by atoms with van der Waals surface area (Å²) in [6.07, 6.45) is 1.38. The van der Waals surface area contributed by atoms with Gasteiger partial charge in [-0.2, -0.15) is 0 Å². The van der Waals surface area contributed by atoms with Crippen molar-refractivity contribution in [3.63, 3.8) is 0 Å². The lowest BCUT2D eigenvalue weighted by Crippen LogP contribution is -2.42. The van der Waals surface area contributed by atoms with Crippen LogP contribution in [0.1, 0.15) is 30.1 Å². The van der Waals surface area contributed by atoms with Crippen molar-refractivity contribution in [2.24, 2.45) is 5.92 Å². The molecule has 1 saturated heterocycles. The lowest BCUT2D eigenvalue weighted by molar-refractivity contribution is -0.149. The average molecular weight is 431 g/mol. The second kappa shape index (κ2) is 9.30. The summed E-state index contributed by atoms with van der Waals surface area (Å²) in [4.78, 5) is 26.7. The minimum absolute atomic E-state index is 0.0404. The molecule has 1 unspecified atom stereocenters. The number of esters is 1. The van der Waals surface area contributed by atoms with Crippen LogP contribution in [-0.2, 0) is 19.6 Å². The highest BCUT2D eigenvalue weighted by molar-refractivity contribution is 7.92. The van der Waals surface area contributed by atoms with Gasteiger partial charge in [-0.05, 0) is 50.1 Å². The molecular weight excluding hydrogens is 404 g/mol. The maximum absolute atomic E-state index is 13.0. The number of likely N-dealkylation sites (tertiary alicyclic amines) is 1. The second-order valence-electron chi connectivity index (χ2n) is 7.18. The number of sulfonamides is 1. The number of rotatable bonds is 6. The first-order chi connectivity index (χ1) is 14.3. The molecule has 160 valence electrons. The van der Waals surface area contributed by atoms with Gasteiger partial charge in [0.1, 0.15) is 0 Å². The largest absolute Gasteiger partial charge is 0.466 e. The molecule has 0 radical (unpaired) electrons. The summed E-state index contributed by atoms with van der Waals surface area (Å²) >= 11 is 0. The zero-order valence-corrected chi connectivity index (χ0v) is 18.0. The number of piperidine rings is 1. The summed E-state index contributed by atoms with van der Waals surface area (Å²) in [5.41, 5.74) is 0.810. The normalized spacial score (nSPS) is 16.7. The van der Waals surface area contributed by atoms with Crippen LogP contribution in [0.5, 0.6) is 0 Å². The van der Waals surface area contributed by atoms with Crippen LogP contribution in [0.25, 0.3) is 0 Å². The van der Waals surface area contributed by atoms with Gasteiger partial charge in [0.25, 0.3) is 15.9 Å². The number of ether oxygens (including phenoxy) is 1. The quantitative estimate of drug-likeness (QED) is 0.658. The third kappa shape index (κ3) is 4.64. The number of para-hydroxylation sites is 1. The first-order valence-electron chi connectivity index (χ1n) is 9.94. The molecular formula is C22H26N2O5S. The zero-order valence-electron chi connectivity index (χ0n) is 17.2. The van der Waals surface area contributed by atoms with Crippen molar-refractivity contribution in [1.29, 1.82) is 0 Å². The van der Waals surface area contributed by atoms with Crippen LogP contribution in [0.3, 0.4) is 0 Å². The first-order valence-corrected chi connectivity index (χ1v) is 11.4. The number of nitrogens with zero attached hydrogens (tertiary/aromatic N) is 2. The number of carbonyl (C=O) groups is 2. The van der Waals surface area contributed by atoms with E-state index >= 15 is 0 Å². The van der Waals surface area contributed by atoms with Gasteiger partial charge in [-0.15, -0.1) is 0 Å². The Morgan fingerprint density at radius 1 is 1.13 bits per heavy atom. The standard InChI is InChI=1S/C22H26N2O5S/c1-3-29-22(26)18-10-8-14-24(16-18)21(25)17-9-7-13-20(15-17)30(27,28)23(2)19-11-5-4-6-12-19/h4-7,9,11-13,15,18H,3,8,10,14,16H2,1-2H3. The number of hydrogen-bond donors (Lipinski definition) is 0. The van der Waals surface area contributed by atoms with Gasteiger partial charge >= 0.3 is 5.97 Å². The van der Waals surface area contributed by atoms with E-state index in [1.165, 1.54) is 23.5 Å². The van der Waals surface area contributed by atoms with Crippen molar-refractivity contribution < 1.29 is 22.7 Å². The molecule has 8 heteroatoms. The van der Waals surface area contributed by atoms with Crippen molar-refractivity contribution >= 4 is 27.6 Å². The second-order valence-corrected chi connectivity index (χ2v) is 9.15. The predicted octanol–water partition coefficient (Wildman–Crippen LogP) is 2.93. The Bertz CT molecular complexity index is 1010. The summed E-state index contributed by atoms with van der Waals surface area (Å²) in [5.74, 6) is -0.932. The lowest BCUT2D eigenvalue weighted by atomic mass is 9.97. The molecule has 1 heterocycles. The number of carbonyl (C=O) groups excluding carboxylic acids is 2. The molecule has 2 aromatic carbocycles. The fourth-order valence-electron chi connectivity index (χ4n) is 3.52. The van der Waals surface area contributed by atoms with Crippen LogP contribution >= 0.6 is 0 Å². The highest BCUT2D eigenvalue weighted by Crippen LogP contribution is 2.24. The minimum atomic E-state index is -3.82. The molecule has 7 nitrogen and oxygen atoms in total. The fraction of sp³-hybridized carbons (Fsp3) is 0.364. The lowest BCUT2D eigenvalue weighted by Gasteiger charge is -2.31. The maximum Gasteiger partial charge on any atom is 0.310 e. The number of hydrogen-bond acceptors (Lipinski definition) is 5. The number of anilines is 1. The van der Waals surface area contributed by atoms with Gasteiger partial charge in [0, 0.05) is 25.7 Å². The first kappa shape index (κ1) is 21.8. The maximum atomic E-state index is 13.0. The van der Waals surface area contributed by atoms with E-state index in [1.54, 1.807) is 48.2 Å². The van der Waals surface area contributed by atoms with Gasteiger partial charge in [-0.3, -0.25) is 13.9 Å². The van der Waals surface area contributed by atoms with E-state index < -0.39 is 10.0 Å². The Balaban J connectivity index is 1.81. The molecule has 1 aliphatic rings. The molecule has 1 atom stereocenters. The number of benzene rings is 2. The van der Waals surface area contributed by atoms with Gasteiger partial charge in [0.05, 0.1) is 23.1 Å². The van der Waals surface area contributed by atoms with Crippen LogP contribution in [0.4, 0.5) is 5.69 Å². The van der Waals surface area contributed by atoms with E-state index in [4.69, 9.17) is 4.74 Å². The smallest absolute Gasteiger partial charge is 0.310 e. The van der Waals surface area contributed by atoms with Crippen molar-refractivity contribution in [1.82, 2.24) is 4.90 Å². The van der Waals surface area contributed by atoms with Gasteiger partial charge in [-0.25, -0.2) is 8.42 Å². The van der Waals surface area contributed by atoms with E-state index in [0.29, 0.717) is 31.7 Å². The predicted molar refractivity (Wildman–Crippen MR) is 114 cm³/mol. The third-order valence-corrected chi connectivity index (χ3v) is 6.97. The highest BCUT2D eigenvalue weighted by atomic mass is 32.2. The van der Waals surface area contributed by atoms with Crippen LogP contribution < -0.4 is 4.31 Å². The molecule has 30 heavy (non-hydrogen) atoms. The SMILES string of the molecule is CCOC(=O)C1CCCN(C(=O)c2cccc(S(=O)(=O)N(C)c3ccccc3)c2)C1. The molecule has 0 saturated carbocycles. The molecule has 0 aromatic heterocycles. The van der Waals surface area contributed by atoms with Gasteiger partial charge in [0.2, 0.25) is 0 Å². The van der Waals surface area contributed by atoms with Crippen LogP contribution in [0.15, 0.2) is 59.5 Å². The Morgan fingerprint density at radius 2 is 1.87 bits per heavy atom. The Morgan fingerprint density at radius 3 is 2.57 bits per heavy atom. The van der Waals surface area contributed by atoms with Crippen LogP contribution in [0, 0.1) is 5.92 Å². The highest BCUT2D eigenvalue weighted by Gasteiger charge is 2.30. The van der Waals surface area contributed by atoms with E-state index in [-0.39, 0.29) is 34.8 Å². The summed E-state index contributed by atoms with van der Waals surface area (Å²) in [7, 11) is -2.34. The van der Waals surface area contributed by atoms with Crippen molar-refractivity contribution in [2.75, 3.05) is 31.0 Å². The molecule has 0 bridgehead atoms. The monoisotopic (exact) mass is 430 g/mol. The van der Waals surface area contributed by atoms with Crippen molar-refractivity contribution in [3.05, 3.63) is 60.2 Å². The van der Waals surface area contributed by atoms with Crippen LogP contribution in [0.2, 0.25) is 0 Å². The zero-order chi connectivity index (χ0) is 21.7. The van der Waals surface area contributed by atoms with Crippen LogP contribution in [-0.4, -0.2) is 51.9 Å². The molecule has 1 fully saturated rings. The van der Waals surface area contributed by atoms with E-state index in [1.807, 2.05) is 6.07 Å². The van der Waals surface area contributed by atoms with Gasteiger partial charge in [0.15, 0.2) is 0 Å². The fourth-order valence-corrected chi connectivity index (χ4v) is 4.76. The molecule has 0 spiro atoms. The van der Waals surface area contributed by atoms with E-state index in [9.17, 15) is 18.0 Å². The Kier molecular flexibility index (Phi) is 6.77. The minimum Gasteiger partial charge on any atom is -0.466 e. The molecule has 1 aliphatic heterocycles. The molecule has 0 aliphatic carbocycles. The number of amides is 1. The third-order valence-electron chi connectivity index (χ3n) is 5.19. The Labute approximate surface area is 177 Å².